The van der Waals surface area contributed by atoms with Crippen molar-refractivity contribution in [1.82, 2.24) is 19.7 Å². The van der Waals surface area contributed by atoms with Gasteiger partial charge in [0.15, 0.2) is 18.3 Å². The topological polar surface area (TPSA) is 347 Å². The molecule has 28 nitrogen and oxygen atoms in total. The van der Waals surface area contributed by atoms with Crippen LogP contribution < -0.4 is 31.5 Å². The molecule has 2 saturated heterocycles. The van der Waals surface area contributed by atoms with Gasteiger partial charge in [-0.3, -0.25) is 43.4 Å². The summed E-state index contributed by atoms with van der Waals surface area (Å²) in [6.07, 6.45) is -1.75. The van der Waals surface area contributed by atoms with Crippen LogP contribution >= 0.6 is 0 Å². The highest BCUT2D eigenvalue weighted by Gasteiger charge is 2.56. The molecule has 94 heavy (non-hydrogen) atoms. The van der Waals surface area contributed by atoms with Crippen molar-refractivity contribution in [3.8, 4) is 16.9 Å². The third-order valence-electron chi connectivity index (χ3n) is 15.8. The predicted octanol–water partition coefficient (Wildman–Crippen LogP) is 5.71. The van der Waals surface area contributed by atoms with E-state index in [9.17, 15) is 56.4 Å². The van der Waals surface area contributed by atoms with Crippen LogP contribution in [0, 0.1) is 0 Å². The van der Waals surface area contributed by atoms with Crippen LogP contribution in [0.1, 0.15) is 94.7 Å². The zero-order chi connectivity index (χ0) is 67.6. The number of nitrogens with zero attached hydrogens (tertiary/aromatic N) is 4. The van der Waals surface area contributed by atoms with Crippen molar-refractivity contribution in [3.05, 3.63) is 128 Å². The van der Waals surface area contributed by atoms with Gasteiger partial charge in [-0.15, -0.1) is 0 Å². The molecule has 3 heterocycles. The molecule has 1 aromatic heterocycles. The summed E-state index contributed by atoms with van der Waals surface area (Å²) < 4.78 is 76.0. The fraction of sp³-hybridized carbons (Fsp3) is 0.462. The van der Waals surface area contributed by atoms with Crippen LogP contribution in [-0.4, -0.2) is 185 Å². The molecular weight excluding hydrogens is 1250 g/mol. The van der Waals surface area contributed by atoms with Gasteiger partial charge in [-0.2, -0.15) is 0 Å². The number of anilines is 4. The first-order valence-corrected chi connectivity index (χ1v) is 32.7. The fourth-order valence-electron chi connectivity index (χ4n) is 11.1. The zero-order valence-electron chi connectivity index (χ0n) is 53.0. The van der Waals surface area contributed by atoms with Crippen molar-refractivity contribution in [1.29, 1.82) is 0 Å². The molecule has 0 spiro atoms. The Hall–Kier alpha value is -9.48. The van der Waals surface area contributed by atoms with Crippen LogP contribution in [-0.2, 0) is 83.1 Å². The van der Waals surface area contributed by atoms with Crippen molar-refractivity contribution in [2.24, 2.45) is 0 Å². The Morgan fingerprint density at radius 1 is 0.734 bits per heavy atom. The third-order valence-corrected chi connectivity index (χ3v) is 16.7. The maximum absolute atomic E-state index is 14.0. The standard InChI is InChI=1S/C65H77N7O21S/c1-39(73)89-58-59(90-40(2)74)61(91-41(3)75)63(93-60(58)62(80)85-5)92-51-22-21-42(34-50(51)69-52(76)35-70(4)64(81)87-37-49-47-18-13-11-16-45(47)46-17-12-14-19-48(46)49)36-86-65(82)72(32-33-94(6,83)84)38-88-44-25-30-71(31-26-44)53(77)20-10-8-7-9-15-27-67-54-55(57(79)56(54)78)68-43-23-28-66-29-24-43/h11-14,16-19,21-24,28-29,34,44,49,58-61,63,67H,7-10,15,20,25-27,30-33,35-38H2,1-6H3,(H,66,68)(H,69,76)/t58-,59-,60-,61+,63+/m0/s1. The Morgan fingerprint density at radius 2 is 1.35 bits per heavy atom. The highest BCUT2D eigenvalue weighted by molar-refractivity contribution is 7.90. The number of carbonyl (C=O) groups excluding carboxylic acids is 8. The molecule has 0 bridgehead atoms. The summed E-state index contributed by atoms with van der Waals surface area (Å²) in [6.45, 7) is 2.54. The molecule has 4 aromatic carbocycles. The van der Waals surface area contributed by atoms with E-state index in [1.165, 1.54) is 25.2 Å². The van der Waals surface area contributed by atoms with Gasteiger partial charge in [-0.25, -0.2) is 22.8 Å². The number of hydrogen-bond donors (Lipinski definition) is 3. The first-order chi connectivity index (χ1) is 45.0. The van der Waals surface area contributed by atoms with E-state index in [0.29, 0.717) is 51.0 Å². The van der Waals surface area contributed by atoms with Crippen molar-refractivity contribution in [2.75, 3.05) is 88.2 Å². The van der Waals surface area contributed by atoms with Crippen molar-refractivity contribution >= 4 is 80.5 Å². The number of ether oxygens (including phenoxy) is 9. The van der Waals surface area contributed by atoms with Gasteiger partial charge in [0.05, 0.1) is 24.7 Å². The molecule has 4 amide bonds. The number of piperidine rings is 1. The molecular formula is C65H77N7O21S. The maximum atomic E-state index is 14.0. The molecule has 504 valence electrons. The molecule has 3 aliphatic rings. The molecule has 5 aromatic rings. The summed E-state index contributed by atoms with van der Waals surface area (Å²) in [4.78, 5) is 138. The molecule has 5 atom stereocenters. The van der Waals surface area contributed by atoms with Gasteiger partial charge in [0, 0.05) is 90.7 Å². The highest BCUT2D eigenvalue weighted by Crippen LogP contribution is 2.45. The lowest BCUT2D eigenvalue weighted by molar-refractivity contribution is -0.282. The lowest BCUT2D eigenvalue weighted by Crippen LogP contribution is -2.64. The Balaban J connectivity index is 0.885. The second-order valence-electron chi connectivity index (χ2n) is 22.9. The second kappa shape index (κ2) is 32.9. The Morgan fingerprint density at radius 3 is 2.00 bits per heavy atom. The number of fused-ring (bicyclic) bond motifs is 3. The average Bonchev–Trinajstić information content (AvgIpc) is 1.20. The molecule has 8 rings (SSSR count). The predicted molar refractivity (Wildman–Crippen MR) is 338 cm³/mol. The van der Waals surface area contributed by atoms with E-state index in [2.05, 4.69) is 20.9 Å². The zero-order valence-corrected chi connectivity index (χ0v) is 53.8. The quantitative estimate of drug-likeness (QED) is 0.0163. The number of amides is 4. The van der Waals surface area contributed by atoms with Crippen molar-refractivity contribution in [2.45, 2.75) is 121 Å². The molecule has 0 unspecified atom stereocenters. The molecule has 2 fully saturated rings. The van der Waals surface area contributed by atoms with Gasteiger partial charge in [-0.1, -0.05) is 73.9 Å². The molecule has 0 saturated carbocycles. The van der Waals surface area contributed by atoms with Gasteiger partial charge in [0.2, 0.25) is 24.2 Å². The number of esters is 4. The Bertz CT molecular complexity index is 3680. The first kappa shape index (κ1) is 70.4. The number of carbonyl (C=O) groups is 8. The number of aromatic nitrogens is 1. The van der Waals surface area contributed by atoms with E-state index >= 15 is 0 Å². The fourth-order valence-corrected chi connectivity index (χ4v) is 11.6. The van der Waals surface area contributed by atoms with Crippen molar-refractivity contribution in [3.63, 3.8) is 0 Å². The van der Waals surface area contributed by atoms with Crippen LogP contribution in [0.25, 0.3) is 11.1 Å². The third kappa shape index (κ3) is 19.1. The number of likely N-dealkylation sites (tertiary alicyclic amines) is 1. The highest BCUT2D eigenvalue weighted by atomic mass is 32.2. The van der Waals surface area contributed by atoms with Gasteiger partial charge >= 0.3 is 36.1 Å². The summed E-state index contributed by atoms with van der Waals surface area (Å²) in [5.74, 6) is -5.70. The smallest absolute Gasteiger partial charge is 0.411 e. The number of likely N-dealkylation sites (N-methyl/N-ethyl adjacent to an activating group) is 1. The molecule has 29 heteroatoms. The van der Waals surface area contributed by atoms with Crippen LogP contribution in [0.2, 0.25) is 0 Å². The Labute approximate surface area is 542 Å². The number of pyridine rings is 1. The number of nitrogens with one attached hydrogen (secondary N) is 3. The van der Waals surface area contributed by atoms with Crippen molar-refractivity contribution < 1.29 is 89.4 Å². The lowest BCUT2D eigenvalue weighted by atomic mass is 9.97. The minimum absolute atomic E-state index is 0.000916. The molecule has 3 N–H and O–H groups in total. The number of methoxy groups -OCH3 is 1. The molecule has 1 aliphatic carbocycles. The van der Waals surface area contributed by atoms with Gasteiger partial charge in [-0.05, 0) is 77.8 Å². The summed E-state index contributed by atoms with van der Waals surface area (Å²) in [5, 5.41) is 8.71. The number of benzene rings is 3. The summed E-state index contributed by atoms with van der Waals surface area (Å²) >= 11 is 0. The number of unbranched alkanes of at least 4 members (excludes halogenated alkanes) is 4. The second-order valence-corrected chi connectivity index (χ2v) is 25.1. The van der Waals surface area contributed by atoms with E-state index in [1.54, 1.807) is 29.4 Å². The summed E-state index contributed by atoms with van der Waals surface area (Å²) in [5.41, 5.74) is 4.02. The maximum Gasteiger partial charge on any atom is 0.411 e. The number of hydrogen-bond acceptors (Lipinski definition) is 24. The summed E-state index contributed by atoms with van der Waals surface area (Å²) in [6, 6.07) is 22.9. The van der Waals surface area contributed by atoms with Gasteiger partial charge in [0.1, 0.15) is 53.5 Å². The molecule has 0 radical (unpaired) electrons. The lowest BCUT2D eigenvalue weighted by Gasteiger charge is -2.43. The van der Waals surface area contributed by atoms with Crippen LogP contribution in [0.3, 0.4) is 0 Å². The van der Waals surface area contributed by atoms with E-state index in [4.69, 9.17) is 42.6 Å². The molecule has 2 aliphatic heterocycles. The van der Waals surface area contributed by atoms with Crippen LogP contribution in [0.15, 0.2) is 101 Å². The van der Waals surface area contributed by atoms with Gasteiger partial charge in [0.25, 0.3) is 10.9 Å². The SMILES string of the molecule is COC(=O)[C@H]1O[C@@H](Oc2ccc(COC(=O)N(CCS(C)(=O)=O)COC3CCN(C(=O)CCCCCCCNc4c(Nc5ccncc5)c(=O)c4=O)CC3)cc2NC(=O)CN(C)C(=O)OCC2c3ccccc3-c3ccccc32)[C@H](OC(C)=O)[C@@H](OC(C)=O)[C@@H]1OC(C)=O. The first-order valence-electron chi connectivity index (χ1n) is 30.6. The average molecular weight is 1320 g/mol. The minimum atomic E-state index is -3.60. The van der Waals surface area contributed by atoms with Gasteiger partial charge < -0.3 is 68.4 Å². The minimum Gasteiger partial charge on any atom is -0.467 e. The van der Waals surface area contributed by atoms with E-state index in [1.807, 2.05) is 48.5 Å². The van der Waals surface area contributed by atoms with E-state index in [-0.39, 0.29) is 60.1 Å². The number of rotatable bonds is 30. The normalized spacial score (nSPS) is 17.7. The van der Waals surface area contributed by atoms with E-state index < -0.39 is 118 Å². The van der Waals surface area contributed by atoms with E-state index in [0.717, 1.165) is 91.9 Å². The largest absolute Gasteiger partial charge is 0.467 e. The van der Waals surface area contributed by atoms with Crippen LogP contribution in [0.4, 0.5) is 32.3 Å². The Kier molecular flexibility index (Phi) is 24.6. The monoisotopic (exact) mass is 1320 g/mol. The summed E-state index contributed by atoms with van der Waals surface area (Å²) in [7, 11) is -1.25. The number of sulfone groups is 1. The van der Waals surface area contributed by atoms with Crippen LogP contribution in [0.5, 0.6) is 5.75 Å².